The van der Waals surface area contributed by atoms with E-state index in [-0.39, 0.29) is 17.9 Å². The lowest BCUT2D eigenvalue weighted by Crippen LogP contribution is -2.55. The van der Waals surface area contributed by atoms with Crippen LogP contribution in [0.5, 0.6) is 0 Å². The molecule has 2 fully saturated rings. The van der Waals surface area contributed by atoms with E-state index < -0.39 is 0 Å². The van der Waals surface area contributed by atoms with Crippen LogP contribution >= 0.6 is 0 Å². The van der Waals surface area contributed by atoms with Crippen LogP contribution in [0.4, 0.5) is 5.82 Å². The Balaban J connectivity index is 1.39. The van der Waals surface area contributed by atoms with Crippen molar-refractivity contribution in [3.05, 3.63) is 60.3 Å². The van der Waals surface area contributed by atoms with Gasteiger partial charge in [-0.2, -0.15) is 0 Å². The minimum Gasteiger partial charge on any atom is -0.354 e. The zero-order valence-corrected chi connectivity index (χ0v) is 15.3. The molecule has 0 aliphatic carbocycles. The highest BCUT2D eigenvalue weighted by molar-refractivity contribution is 6.38. The molecule has 6 heteroatoms. The van der Waals surface area contributed by atoms with Gasteiger partial charge in [0.25, 0.3) is 5.91 Å². The number of anilines is 1. The van der Waals surface area contributed by atoms with Crippen molar-refractivity contribution in [1.82, 2.24) is 14.8 Å². The minimum atomic E-state index is -0.330. The third-order valence-corrected chi connectivity index (χ3v) is 5.42. The van der Waals surface area contributed by atoms with E-state index in [1.165, 1.54) is 5.56 Å². The maximum atomic E-state index is 12.4. The second-order valence-electron chi connectivity index (χ2n) is 7.05. The van der Waals surface area contributed by atoms with Crippen molar-refractivity contribution >= 4 is 17.5 Å². The molecule has 2 aliphatic rings. The highest BCUT2D eigenvalue weighted by atomic mass is 16.2. The van der Waals surface area contributed by atoms with Crippen LogP contribution in [0.25, 0.3) is 0 Å². The lowest BCUT2D eigenvalue weighted by Gasteiger charge is -2.41. The van der Waals surface area contributed by atoms with Gasteiger partial charge in [-0.05, 0) is 24.1 Å². The molecule has 27 heavy (non-hydrogen) atoms. The standard InChI is InChI=1S/C21H24N4O2/c26-18-16-20(25(21(18)27)11-9-17-6-2-1-3-7-17)24-14-12-23(13-15-24)19-8-4-5-10-22-19/h1-8,10,20H,9,11-16H2. The van der Waals surface area contributed by atoms with Gasteiger partial charge in [0.2, 0.25) is 5.78 Å². The Hall–Kier alpha value is -2.73. The van der Waals surface area contributed by atoms with Crippen molar-refractivity contribution in [2.75, 3.05) is 37.6 Å². The van der Waals surface area contributed by atoms with Crippen molar-refractivity contribution in [3.63, 3.8) is 0 Å². The Labute approximate surface area is 159 Å². The van der Waals surface area contributed by atoms with Gasteiger partial charge < -0.3 is 9.80 Å². The van der Waals surface area contributed by atoms with E-state index in [2.05, 4.69) is 26.9 Å². The van der Waals surface area contributed by atoms with Gasteiger partial charge in [0.15, 0.2) is 0 Å². The summed E-state index contributed by atoms with van der Waals surface area (Å²) in [7, 11) is 0. The average molecular weight is 364 g/mol. The maximum absolute atomic E-state index is 12.4. The van der Waals surface area contributed by atoms with Crippen LogP contribution in [0.1, 0.15) is 12.0 Å². The molecular formula is C21H24N4O2. The topological polar surface area (TPSA) is 56.8 Å². The van der Waals surface area contributed by atoms with Gasteiger partial charge in [0.05, 0.1) is 12.6 Å². The van der Waals surface area contributed by atoms with Crippen molar-refractivity contribution < 1.29 is 9.59 Å². The van der Waals surface area contributed by atoms with E-state index in [0.29, 0.717) is 13.0 Å². The molecule has 2 aromatic rings. The zero-order valence-electron chi connectivity index (χ0n) is 15.3. The first-order valence-corrected chi connectivity index (χ1v) is 9.50. The number of hydrogen-bond acceptors (Lipinski definition) is 5. The van der Waals surface area contributed by atoms with Gasteiger partial charge in [0, 0.05) is 38.9 Å². The average Bonchev–Trinajstić information content (AvgIpc) is 3.02. The number of ketones is 1. The molecule has 1 unspecified atom stereocenters. The number of carbonyl (C=O) groups excluding carboxylic acids is 2. The molecule has 0 radical (unpaired) electrons. The van der Waals surface area contributed by atoms with Crippen LogP contribution < -0.4 is 4.90 Å². The fourth-order valence-electron chi connectivity index (χ4n) is 3.92. The fraction of sp³-hybridized carbons (Fsp3) is 0.381. The van der Waals surface area contributed by atoms with Gasteiger partial charge in [-0.3, -0.25) is 14.5 Å². The molecule has 1 aromatic carbocycles. The number of benzene rings is 1. The van der Waals surface area contributed by atoms with E-state index >= 15 is 0 Å². The van der Waals surface area contributed by atoms with Crippen molar-refractivity contribution in [3.8, 4) is 0 Å². The number of aromatic nitrogens is 1. The van der Waals surface area contributed by atoms with Crippen LogP contribution in [0.3, 0.4) is 0 Å². The van der Waals surface area contributed by atoms with Gasteiger partial charge >= 0.3 is 0 Å². The van der Waals surface area contributed by atoms with Crippen LogP contribution in [-0.4, -0.2) is 65.4 Å². The molecule has 140 valence electrons. The van der Waals surface area contributed by atoms with Gasteiger partial charge in [-0.25, -0.2) is 4.98 Å². The molecule has 1 amide bonds. The summed E-state index contributed by atoms with van der Waals surface area (Å²) in [5.41, 5.74) is 1.18. The second kappa shape index (κ2) is 7.88. The number of carbonyl (C=O) groups is 2. The zero-order chi connectivity index (χ0) is 18.6. The highest BCUT2D eigenvalue weighted by Crippen LogP contribution is 2.23. The van der Waals surface area contributed by atoms with Crippen LogP contribution in [0.2, 0.25) is 0 Å². The first-order valence-electron chi connectivity index (χ1n) is 9.50. The summed E-state index contributed by atoms with van der Waals surface area (Å²) in [6, 6.07) is 16.0. The molecule has 3 heterocycles. The molecule has 1 aromatic heterocycles. The molecule has 0 saturated carbocycles. The van der Waals surface area contributed by atoms with Crippen LogP contribution in [-0.2, 0) is 16.0 Å². The molecular weight excluding hydrogens is 340 g/mol. The summed E-state index contributed by atoms with van der Waals surface area (Å²) in [6.07, 6.45) is 2.77. The first-order chi connectivity index (χ1) is 13.2. The summed E-state index contributed by atoms with van der Waals surface area (Å²) in [5, 5.41) is 0. The Morgan fingerprint density at radius 3 is 2.37 bits per heavy atom. The monoisotopic (exact) mass is 364 g/mol. The second-order valence-corrected chi connectivity index (χ2v) is 7.05. The minimum absolute atomic E-state index is 0.111. The van der Waals surface area contributed by atoms with Gasteiger partial charge in [-0.1, -0.05) is 36.4 Å². The number of likely N-dealkylation sites (tertiary alicyclic amines) is 1. The summed E-state index contributed by atoms with van der Waals surface area (Å²) >= 11 is 0. The Morgan fingerprint density at radius 2 is 1.67 bits per heavy atom. The largest absolute Gasteiger partial charge is 0.354 e. The van der Waals surface area contributed by atoms with Crippen molar-refractivity contribution in [2.45, 2.75) is 19.0 Å². The quantitative estimate of drug-likeness (QED) is 0.754. The van der Waals surface area contributed by atoms with Crippen molar-refractivity contribution in [1.29, 1.82) is 0 Å². The molecule has 0 N–H and O–H groups in total. The molecule has 2 aliphatic heterocycles. The number of pyridine rings is 1. The number of Topliss-reactive ketones (excluding diaryl/α,β-unsaturated/α-hetero) is 1. The third-order valence-electron chi connectivity index (χ3n) is 5.42. The highest BCUT2D eigenvalue weighted by Gasteiger charge is 2.41. The first kappa shape index (κ1) is 17.7. The molecule has 2 saturated heterocycles. The van der Waals surface area contributed by atoms with Gasteiger partial charge in [-0.15, -0.1) is 0 Å². The summed E-state index contributed by atoms with van der Waals surface area (Å²) in [6.45, 7) is 3.93. The van der Waals surface area contributed by atoms with Crippen LogP contribution in [0, 0.1) is 0 Å². The number of hydrogen-bond donors (Lipinski definition) is 0. The fourth-order valence-corrected chi connectivity index (χ4v) is 3.92. The number of nitrogens with zero attached hydrogens (tertiary/aromatic N) is 4. The SMILES string of the molecule is O=C1CC(N2CCN(c3ccccn3)CC2)N(CCc2ccccc2)C1=O. The van der Waals surface area contributed by atoms with E-state index in [4.69, 9.17) is 0 Å². The predicted molar refractivity (Wildman–Crippen MR) is 103 cm³/mol. The number of piperazine rings is 1. The number of amides is 1. The van der Waals surface area contributed by atoms with Gasteiger partial charge in [0.1, 0.15) is 5.82 Å². The molecule has 4 rings (SSSR count). The number of rotatable bonds is 5. The normalized spacial score (nSPS) is 21.1. The van der Waals surface area contributed by atoms with E-state index in [1.54, 1.807) is 11.1 Å². The maximum Gasteiger partial charge on any atom is 0.291 e. The van der Waals surface area contributed by atoms with E-state index in [9.17, 15) is 9.59 Å². The summed E-state index contributed by atoms with van der Waals surface area (Å²) in [5.74, 6) is 0.389. The summed E-state index contributed by atoms with van der Waals surface area (Å²) in [4.78, 5) is 35.2. The Morgan fingerprint density at radius 1 is 0.926 bits per heavy atom. The summed E-state index contributed by atoms with van der Waals surface area (Å²) < 4.78 is 0. The Kier molecular flexibility index (Phi) is 5.16. The third kappa shape index (κ3) is 3.85. The molecule has 1 atom stereocenters. The molecule has 6 nitrogen and oxygen atoms in total. The Bertz CT molecular complexity index is 788. The van der Waals surface area contributed by atoms with Crippen LogP contribution in [0.15, 0.2) is 54.7 Å². The lowest BCUT2D eigenvalue weighted by atomic mass is 10.1. The van der Waals surface area contributed by atoms with E-state index in [1.807, 2.05) is 36.4 Å². The molecule has 0 bridgehead atoms. The molecule has 0 spiro atoms. The predicted octanol–water partition coefficient (Wildman–Crippen LogP) is 1.57. The van der Waals surface area contributed by atoms with Crippen molar-refractivity contribution in [2.24, 2.45) is 0 Å². The van der Waals surface area contributed by atoms with E-state index in [0.717, 1.165) is 38.4 Å². The smallest absolute Gasteiger partial charge is 0.291 e. The lowest BCUT2D eigenvalue weighted by molar-refractivity contribution is -0.141.